The van der Waals surface area contributed by atoms with Crippen molar-refractivity contribution in [3.05, 3.63) is 70.7 Å². The quantitative estimate of drug-likeness (QED) is 0.692. The molecule has 1 aliphatic heterocycles. The zero-order valence-corrected chi connectivity index (χ0v) is 17.0. The van der Waals surface area contributed by atoms with Crippen LogP contribution in [0.3, 0.4) is 0 Å². The first-order valence-electron chi connectivity index (χ1n) is 9.54. The third-order valence-corrected chi connectivity index (χ3v) is 5.89. The highest BCUT2D eigenvalue weighted by molar-refractivity contribution is 6.30. The summed E-state index contributed by atoms with van der Waals surface area (Å²) in [5, 5.41) is 21.6. The summed E-state index contributed by atoms with van der Waals surface area (Å²) in [5.41, 5.74) is 0.486. The van der Waals surface area contributed by atoms with Crippen molar-refractivity contribution >= 4 is 23.8 Å². The molecule has 7 heteroatoms. The van der Waals surface area contributed by atoms with E-state index in [2.05, 4.69) is 0 Å². The van der Waals surface area contributed by atoms with E-state index in [0.717, 1.165) is 11.1 Å². The smallest absolute Gasteiger partial charge is 0.435 e. The number of likely N-dealkylation sites (tertiary alicyclic amines) is 1. The summed E-state index contributed by atoms with van der Waals surface area (Å²) in [5.74, 6) is 0. The lowest BCUT2D eigenvalue weighted by molar-refractivity contribution is -0.799. The molecule has 1 aliphatic rings. The molecular weight excluding hydrogens is 394 g/mol. The van der Waals surface area contributed by atoms with Gasteiger partial charge in [0.05, 0.1) is 0 Å². The fraction of sp³-hybridized carbons (Fsp3) is 0.364. The van der Waals surface area contributed by atoms with Gasteiger partial charge in [-0.15, -0.1) is 4.48 Å². The van der Waals surface area contributed by atoms with Crippen molar-refractivity contribution in [2.24, 2.45) is 0 Å². The Bertz CT molecular complexity index is 873. The summed E-state index contributed by atoms with van der Waals surface area (Å²) in [6.07, 6.45) is -1.06. The predicted molar refractivity (Wildman–Crippen MR) is 109 cm³/mol. The average Bonchev–Trinajstić information content (AvgIpc) is 2.98. The van der Waals surface area contributed by atoms with Crippen LogP contribution in [0.1, 0.15) is 30.9 Å². The average molecular weight is 419 g/mol. The molecule has 0 bridgehead atoms. The molecule has 2 aromatic carbocycles. The van der Waals surface area contributed by atoms with E-state index >= 15 is 0 Å². The van der Waals surface area contributed by atoms with Crippen LogP contribution in [-0.4, -0.2) is 45.1 Å². The second-order valence-electron chi connectivity index (χ2n) is 7.75. The number of aryl methyl sites for hydroxylation is 1. The second kappa shape index (κ2) is 8.53. The highest BCUT2D eigenvalue weighted by Crippen LogP contribution is 2.38. The lowest BCUT2D eigenvalue weighted by Gasteiger charge is -2.29. The predicted octanol–water partition coefficient (Wildman–Crippen LogP) is 4.63. The minimum absolute atomic E-state index is 0.0110. The van der Waals surface area contributed by atoms with Crippen molar-refractivity contribution < 1.29 is 29.0 Å². The number of aliphatic hydroxyl groups is 1. The number of carboxylic acid groups (broad SMARTS) is 1. The molecule has 2 amide bonds. The zero-order chi connectivity index (χ0) is 21.1. The van der Waals surface area contributed by atoms with Gasteiger partial charge in [0, 0.05) is 11.4 Å². The Morgan fingerprint density at radius 3 is 2.41 bits per heavy atom. The van der Waals surface area contributed by atoms with Crippen LogP contribution < -0.4 is 0 Å². The number of hydrogen-bond donors (Lipinski definition) is 2. The Hall–Kier alpha value is -2.41. The Labute approximate surface area is 174 Å². The summed E-state index contributed by atoms with van der Waals surface area (Å²) >= 11 is 5.90. The number of hydrogen-bond acceptors (Lipinski definition) is 4. The molecule has 3 atom stereocenters. The molecule has 154 valence electrons. The molecule has 1 saturated heterocycles. The topological polar surface area (TPSA) is 83.8 Å². The largest absolute Gasteiger partial charge is 0.527 e. The maximum Gasteiger partial charge on any atom is 0.527 e. The minimum atomic E-state index is -1.31. The van der Waals surface area contributed by atoms with Crippen molar-refractivity contribution in [1.82, 2.24) is 0 Å². The highest BCUT2D eigenvalue weighted by Gasteiger charge is 2.63. The Morgan fingerprint density at radius 1 is 1.14 bits per heavy atom. The van der Waals surface area contributed by atoms with Gasteiger partial charge in [-0.3, -0.25) is 0 Å². The van der Waals surface area contributed by atoms with Crippen LogP contribution in [0.5, 0.6) is 0 Å². The number of halogens is 1. The lowest BCUT2D eigenvalue weighted by atomic mass is 9.92. The molecule has 2 N–H and O–H groups in total. The van der Waals surface area contributed by atoms with Gasteiger partial charge in [-0.25, -0.2) is 0 Å². The van der Waals surface area contributed by atoms with Gasteiger partial charge in [-0.2, -0.15) is 9.59 Å². The van der Waals surface area contributed by atoms with E-state index in [9.17, 15) is 19.8 Å². The van der Waals surface area contributed by atoms with Gasteiger partial charge in [0.15, 0.2) is 0 Å². The van der Waals surface area contributed by atoms with Crippen LogP contribution in [0, 0.1) is 0 Å². The standard InChI is InChI=1S/C22H24ClNO5/c1-16-13-22(28,12-11-17-7-9-19(23)10-8-17)15-24(16,20(25)26)21(27)29-14-18-5-3-2-4-6-18/h2-10,16,28H,11-15H2,1H3/p+1/t16-,22?,24?/m1/s1. The van der Waals surface area contributed by atoms with E-state index in [-0.39, 0.29) is 19.6 Å². The van der Waals surface area contributed by atoms with E-state index in [1.807, 2.05) is 30.3 Å². The first-order valence-corrected chi connectivity index (χ1v) is 9.92. The molecule has 1 fully saturated rings. The van der Waals surface area contributed by atoms with Gasteiger partial charge < -0.3 is 14.9 Å². The van der Waals surface area contributed by atoms with Crippen molar-refractivity contribution in [2.45, 2.75) is 44.4 Å². The number of amides is 2. The molecule has 2 aromatic rings. The number of nitrogens with zero attached hydrogens (tertiary/aromatic N) is 1. The number of imide groups is 1. The lowest BCUT2D eigenvalue weighted by Crippen LogP contribution is -2.60. The Kier molecular flexibility index (Phi) is 6.27. The van der Waals surface area contributed by atoms with Crippen molar-refractivity contribution in [3.8, 4) is 0 Å². The number of carbonyl (C=O) groups is 2. The normalized spacial score (nSPS) is 26.2. The van der Waals surface area contributed by atoms with Crippen LogP contribution in [0.25, 0.3) is 0 Å². The highest BCUT2D eigenvalue weighted by atomic mass is 35.5. The minimum Gasteiger partial charge on any atom is -0.435 e. The van der Waals surface area contributed by atoms with Gasteiger partial charge in [-0.05, 0) is 43.0 Å². The monoisotopic (exact) mass is 418 g/mol. The number of rotatable bonds is 5. The maximum atomic E-state index is 12.8. The molecule has 1 heterocycles. The Morgan fingerprint density at radius 2 is 1.79 bits per heavy atom. The number of ether oxygens (including phenoxy) is 1. The van der Waals surface area contributed by atoms with Crippen molar-refractivity contribution in [2.75, 3.05) is 6.54 Å². The van der Waals surface area contributed by atoms with Crippen molar-refractivity contribution in [3.63, 3.8) is 0 Å². The van der Waals surface area contributed by atoms with Crippen LogP contribution in [0.15, 0.2) is 54.6 Å². The molecule has 29 heavy (non-hydrogen) atoms. The van der Waals surface area contributed by atoms with Crippen LogP contribution in [-0.2, 0) is 17.8 Å². The molecule has 3 rings (SSSR count). The van der Waals surface area contributed by atoms with Gasteiger partial charge in [0.1, 0.15) is 24.8 Å². The molecule has 0 spiro atoms. The van der Waals surface area contributed by atoms with Crippen LogP contribution in [0.2, 0.25) is 5.02 Å². The fourth-order valence-corrected chi connectivity index (χ4v) is 4.14. The van der Waals surface area contributed by atoms with Gasteiger partial charge in [0.2, 0.25) is 0 Å². The molecule has 0 radical (unpaired) electrons. The second-order valence-corrected chi connectivity index (χ2v) is 8.19. The third kappa shape index (κ3) is 4.61. The number of carbonyl (C=O) groups excluding carboxylic acids is 1. The first kappa shape index (κ1) is 21.3. The molecule has 0 aliphatic carbocycles. The molecular formula is C22H25ClNO5+. The molecule has 6 nitrogen and oxygen atoms in total. The van der Waals surface area contributed by atoms with E-state index in [0.29, 0.717) is 17.9 Å². The van der Waals surface area contributed by atoms with Crippen molar-refractivity contribution in [1.29, 1.82) is 0 Å². The summed E-state index contributed by atoms with van der Waals surface area (Å²) < 4.78 is 4.42. The summed E-state index contributed by atoms with van der Waals surface area (Å²) in [7, 11) is 0. The number of quaternary nitrogens is 1. The third-order valence-electron chi connectivity index (χ3n) is 5.64. The summed E-state index contributed by atoms with van der Waals surface area (Å²) in [6, 6.07) is 15.8. The molecule has 0 aromatic heterocycles. The van der Waals surface area contributed by atoms with E-state index < -0.39 is 28.3 Å². The first-order chi connectivity index (χ1) is 13.7. The SMILES string of the molecule is C[C@@H]1CC(O)(CCc2ccc(Cl)cc2)C[N+]1(C(=O)O)C(=O)OCc1ccccc1. The summed E-state index contributed by atoms with van der Waals surface area (Å²) in [4.78, 5) is 25.0. The van der Waals surface area contributed by atoms with Gasteiger partial charge >= 0.3 is 12.2 Å². The van der Waals surface area contributed by atoms with Gasteiger partial charge in [0.25, 0.3) is 0 Å². The molecule has 0 saturated carbocycles. The van der Waals surface area contributed by atoms with Gasteiger partial charge in [-0.1, -0.05) is 54.1 Å². The molecule has 2 unspecified atom stereocenters. The summed E-state index contributed by atoms with van der Waals surface area (Å²) in [6.45, 7) is 1.44. The maximum absolute atomic E-state index is 12.8. The number of benzene rings is 2. The van der Waals surface area contributed by atoms with E-state index in [1.54, 1.807) is 31.2 Å². The van der Waals surface area contributed by atoms with E-state index in [1.165, 1.54) is 0 Å². The Balaban J connectivity index is 1.71. The zero-order valence-electron chi connectivity index (χ0n) is 16.3. The van der Waals surface area contributed by atoms with Crippen LogP contribution in [0.4, 0.5) is 9.59 Å². The van der Waals surface area contributed by atoms with E-state index in [4.69, 9.17) is 16.3 Å². The van der Waals surface area contributed by atoms with Crippen LogP contribution >= 0.6 is 11.6 Å². The fourth-order valence-electron chi connectivity index (χ4n) is 4.01.